The molecule has 1 amide bonds. The van der Waals surface area contributed by atoms with Gasteiger partial charge in [-0.05, 0) is 18.3 Å². The predicted molar refractivity (Wildman–Crippen MR) is 74.4 cm³/mol. The highest BCUT2D eigenvalue weighted by molar-refractivity contribution is 7.13. The van der Waals surface area contributed by atoms with Crippen LogP contribution in [0.1, 0.15) is 38.8 Å². The first kappa shape index (κ1) is 13.3. The largest absolute Gasteiger partial charge is 0.375 e. The molecule has 1 aromatic rings. The van der Waals surface area contributed by atoms with E-state index in [0.717, 1.165) is 31.6 Å². The van der Waals surface area contributed by atoms with Crippen LogP contribution >= 0.6 is 11.3 Å². The molecule has 18 heavy (non-hydrogen) atoms. The topological polar surface area (TPSA) is 59.2 Å². The van der Waals surface area contributed by atoms with Gasteiger partial charge in [0, 0.05) is 18.5 Å². The van der Waals surface area contributed by atoms with E-state index in [1.54, 1.807) is 0 Å². The quantitative estimate of drug-likeness (QED) is 0.914. The number of hydrogen-bond acceptors (Lipinski definition) is 4. The molecule has 1 fully saturated rings. The number of hydrogen-bond donors (Lipinski definition) is 1. The maximum atomic E-state index is 12.1. The number of rotatable bonds is 3. The van der Waals surface area contributed by atoms with Gasteiger partial charge in [-0.2, -0.15) is 0 Å². The van der Waals surface area contributed by atoms with Crippen molar-refractivity contribution in [1.29, 1.82) is 0 Å². The number of piperidine rings is 1. The van der Waals surface area contributed by atoms with Crippen LogP contribution in [0.15, 0.2) is 5.38 Å². The SMILES string of the molecule is CCC1(C)CCN(C(=O)Cc2csc(N)n2)CC1. The van der Waals surface area contributed by atoms with Gasteiger partial charge >= 0.3 is 0 Å². The molecule has 2 heterocycles. The van der Waals surface area contributed by atoms with Gasteiger partial charge < -0.3 is 10.6 Å². The molecule has 2 rings (SSSR count). The normalized spacial score (nSPS) is 18.9. The molecule has 1 aliphatic heterocycles. The van der Waals surface area contributed by atoms with Crippen molar-refractivity contribution in [1.82, 2.24) is 9.88 Å². The Bertz CT molecular complexity index is 422. The summed E-state index contributed by atoms with van der Waals surface area (Å²) in [5.74, 6) is 0.179. The number of nitrogens with two attached hydrogens (primary N) is 1. The monoisotopic (exact) mass is 267 g/mol. The van der Waals surface area contributed by atoms with Crippen LogP contribution < -0.4 is 5.73 Å². The Balaban J connectivity index is 1.88. The van der Waals surface area contributed by atoms with Gasteiger partial charge in [0.2, 0.25) is 5.91 Å². The third-order valence-corrected chi connectivity index (χ3v) is 4.80. The van der Waals surface area contributed by atoms with Crippen LogP contribution in [-0.2, 0) is 11.2 Å². The fourth-order valence-electron chi connectivity index (χ4n) is 2.32. The van der Waals surface area contributed by atoms with Gasteiger partial charge in [0.05, 0.1) is 12.1 Å². The summed E-state index contributed by atoms with van der Waals surface area (Å²) in [7, 11) is 0. The summed E-state index contributed by atoms with van der Waals surface area (Å²) in [4.78, 5) is 18.2. The van der Waals surface area contributed by atoms with Crippen molar-refractivity contribution in [2.45, 2.75) is 39.5 Å². The second kappa shape index (κ2) is 5.26. The number of anilines is 1. The van der Waals surface area contributed by atoms with Crippen molar-refractivity contribution in [2.75, 3.05) is 18.8 Å². The minimum Gasteiger partial charge on any atom is -0.375 e. The Morgan fingerprint density at radius 3 is 2.72 bits per heavy atom. The number of carbonyl (C=O) groups excluding carboxylic acids is 1. The molecule has 0 radical (unpaired) electrons. The van der Waals surface area contributed by atoms with Crippen LogP contribution in [0.4, 0.5) is 5.13 Å². The maximum Gasteiger partial charge on any atom is 0.228 e. The molecule has 0 unspecified atom stereocenters. The average molecular weight is 267 g/mol. The zero-order valence-corrected chi connectivity index (χ0v) is 11.9. The van der Waals surface area contributed by atoms with Crippen molar-refractivity contribution < 1.29 is 4.79 Å². The number of likely N-dealkylation sites (tertiary alicyclic amines) is 1. The molecule has 1 aromatic heterocycles. The molecule has 0 atom stereocenters. The second-order valence-electron chi connectivity index (χ2n) is 5.40. The number of nitrogens with zero attached hydrogens (tertiary/aromatic N) is 2. The summed E-state index contributed by atoms with van der Waals surface area (Å²) >= 11 is 1.39. The van der Waals surface area contributed by atoms with Gasteiger partial charge in [-0.25, -0.2) is 4.98 Å². The van der Waals surface area contributed by atoms with Gasteiger partial charge in [-0.15, -0.1) is 11.3 Å². The molecule has 4 nitrogen and oxygen atoms in total. The van der Waals surface area contributed by atoms with Crippen molar-refractivity contribution in [3.8, 4) is 0 Å². The van der Waals surface area contributed by atoms with Crippen molar-refractivity contribution in [3.63, 3.8) is 0 Å². The highest BCUT2D eigenvalue weighted by Gasteiger charge is 2.30. The van der Waals surface area contributed by atoms with Crippen LogP contribution in [0.3, 0.4) is 0 Å². The Morgan fingerprint density at radius 1 is 1.56 bits per heavy atom. The lowest BCUT2D eigenvalue weighted by atomic mass is 9.78. The second-order valence-corrected chi connectivity index (χ2v) is 6.29. The Kier molecular flexibility index (Phi) is 3.90. The lowest BCUT2D eigenvalue weighted by molar-refractivity contribution is -0.132. The van der Waals surface area contributed by atoms with Crippen LogP contribution in [0, 0.1) is 5.41 Å². The predicted octanol–water partition coefficient (Wildman–Crippen LogP) is 2.31. The summed E-state index contributed by atoms with van der Waals surface area (Å²) in [6.45, 7) is 6.30. The minimum atomic E-state index is 0.179. The number of thiazole rings is 1. The maximum absolute atomic E-state index is 12.1. The molecule has 0 bridgehead atoms. The molecule has 2 N–H and O–H groups in total. The summed E-state index contributed by atoms with van der Waals surface area (Å²) in [5.41, 5.74) is 6.78. The Hall–Kier alpha value is -1.10. The third kappa shape index (κ3) is 3.02. The highest BCUT2D eigenvalue weighted by Crippen LogP contribution is 2.34. The summed E-state index contributed by atoms with van der Waals surface area (Å²) in [5, 5.41) is 2.41. The first-order valence-corrected chi connectivity index (χ1v) is 7.38. The zero-order valence-electron chi connectivity index (χ0n) is 11.1. The highest BCUT2D eigenvalue weighted by atomic mass is 32.1. The first-order valence-electron chi connectivity index (χ1n) is 6.50. The van der Waals surface area contributed by atoms with Gasteiger partial charge in [0.1, 0.15) is 0 Å². The van der Waals surface area contributed by atoms with E-state index in [4.69, 9.17) is 5.73 Å². The van der Waals surface area contributed by atoms with E-state index in [2.05, 4.69) is 18.8 Å². The van der Waals surface area contributed by atoms with Gasteiger partial charge in [0.25, 0.3) is 0 Å². The molecule has 0 aliphatic carbocycles. The van der Waals surface area contributed by atoms with E-state index in [0.29, 0.717) is 17.0 Å². The summed E-state index contributed by atoms with van der Waals surface area (Å²) in [6, 6.07) is 0. The van der Waals surface area contributed by atoms with Crippen molar-refractivity contribution in [3.05, 3.63) is 11.1 Å². The number of nitrogen functional groups attached to an aromatic ring is 1. The van der Waals surface area contributed by atoms with Crippen molar-refractivity contribution >= 4 is 22.4 Å². The third-order valence-electron chi connectivity index (χ3n) is 4.08. The molecule has 0 aromatic carbocycles. The molecular weight excluding hydrogens is 246 g/mol. The number of carbonyl (C=O) groups is 1. The van der Waals surface area contributed by atoms with Gasteiger partial charge in [-0.3, -0.25) is 4.79 Å². The average Bonchev–Trinajstić information content (AvgIpc) is 2.75. The Labute approximate surface area is 112 Å². The first-order chi connectivity index (χ1) is 8.52. The summed E-state index contributed by atoms with van der Waals surface area (Å²) in [6.07, 6.45) is 3.79. The van der Waals surface area contributed by atoms with E-state index in [1.807, 2.05) is 10.3 Å². The Morgan fingerprint density at radius 2 is 2.22 bits per heavy atom. The fourth-order valence-corrected chi connectivity index (χ4v) is 2.88. The smallest absolute Gasteiger partial charge is 0.228 e. The molecule has 1 aliphatic rings. The van der Waals surface area contributed by atoms with E-state index >= 15 is 0 Å². The molecular formula is C13H21N3OS. The van der Waals surface area contributed by atoms with E-state index in [1.165, 1.54) is 17.8 Å². The van der Waals surface area contributed by atoms with Crippen LogP contribution in [0.25, 0.3) is 0 Å². The van der Waals surface area contributed by atoms with E-state index in [-0.39, 0.29) is 5.91 Å². The lowest BCUT2D eigenvalue weighted by Crippen LogP contribution is -2.42. The van der Waals surface area contributed by atoms with Crippen LogP contribution in [-0.4, -0.2) is 28.9 Å². The van der Waals surface area contributed by atoms with Crippen molar-refractivity contribution in [2.24, 2.45) is 5.41 Å². The molecule has 0 spiro atoms. The molecule has 0 saturated carbocycles. The van der Waals surface area contributed by atoms with Crippen LogP contribution in [0.5, 0.6) is 0 Å². The van der Waals surface area contributed by atoms with Gasteiger partial charge in [0.15, 0.2) is 5.13 Å². The molecule has 100 valence electrons. The van der Waals surface area contributed by atoms with Gasteiger partial charge in [-0.1, -0.05) is 20.3 Å². The molecule has 1 saturated heterocycles. The summed E-state index contributed by atoms with van der Waals surface area (Å²) < 4.78 is 0. The lowest BCUT2D eigenvalue weighted by Gasteiger charge is -2.38. The number of aromatic nitrogens is 1. The standard InChI is InChI=1S/C13H21N3OS/c1-3-13(2)4-6-16(7-5-13)11(17)8-10-9-18-12(14)15-10/h9H,3-8H2,1-2H3,(H2,14,15). The van der Waals surface area contributed by atoms with Crippen LogP contribution in [0.2, 0.25) is 0 Å². The minimum absolute atomic E-state index is 0.179. The zero-order chi connectivity index (χ0) is 13.2. The molecule has 5 heteroatoms. The fraction of sp³-hybridized carbons (Fsp3) is 0.692. The van der Waals surface area contributed by atoms with E-state index in [9.17, 15) is 4.79 Å². The van der Waals surface area contributed by atoms with E-state index < -0.39 is 0 Å². The number of amides is 1.